The smallest absolute Gasteiger partial charge is 0.120 e. The van der Waals surface area contributed by atoms with Gasteiger partial charge >= 0.3 is 0 Å². The van der Waals surface area contributed by atoms with E-state index in [4.69, 9.17) is 4.74 Å². The Morgan fingerprint density at radius 3 is 2.61 bits per heavy atom. The average Bonchev–Trinajstić information content (AvgIpc) is 2.39. The molecule has 1 saturated carbocycles. The normalized spacial score (nSPS) is 18.6. The van der Waals surface area contributed by atoms with Crippen LogP contribution in [0.2, 0.25) is 0 Å². The summed E-state index contributed by atoms with van der Waals surface area (Å²) in [5.41, 5.74) is 1.27. The summed E-state index contributed by atoms with van der Waals surface area (Å²) >= 11 is 3.63. The Kier molecular flexibility index (Phi) is 5.07. The number of benzene rings is 1. The second-order valence-corrected chi connectivity index (χ2v) is 5.93. The van der Waals surface area contributed by atoms with Crippen LogP contribution in [-0.4, -0.2) is 13.2 Å². The first kappa shape index (κ1) is 13.9. The molecule has 18 heavy (non-hydrogen) atoms. The molecule has 2 nitrogen and oxygen atoms in total. The summed E-state index contributed by atoms with van der Waals surface area (Å²) in [4.78, 5) is 0. The fourth-order valence-corrected chi connectivity index (χ4v) is 3.16. The van der Waals surface area contributed by atoms with Crippen molar-refractivity contribution in [3.05, 3.63) is 28.2 Å². The predicted molar refractivity (Wildman–Crippen MR) is 79.1 cm³/mol. The molecule has 0 bridgehead atoms. The summed E-state index contributed by atoms with van der Waals surface area (Å²) < 4.78 is 7.18. The summed E-state index contributed by atoms with van der Waals surface area (Å²) in [5.74, 6) is 0.987. The molecule has 0 heterocycles. The molecule has 1 N–H and O–H groups in total. The van der Waals surface area contributed by atoms with Gasteiger partial charge in [0.05, 0.1) is 6.10 Å². The van der Waals surface area contributed by atoms with Gasteiger partial charge in [-0.2, -0.15) is 0 Å². The van der Waals surface area contributed by atoms with E-state index in [-0.39, 0.29) is 0 Å². The molecule has 1 aliphatic rings. The highest BCUT2D eigenvalue weighted by Gasteiger charge is 2.15. The third-order valence-corrected chi connectivity index (χ3v) is 4.41. The molecule has 1 aromatic carbocycles. The Morgan fingerprint density at radius 2 is 2.00 bits per heavy atom. The van der Waals surface area contributed by atoms with Gasteiger partial charge < -0.3 is 10.1 Å². The highest BCUT2D eigenvalue weighted by Crippen LogP contribution is 2.30. The van der Waals surface area contributed by atoms with Crippen molar-refractivity contribution in [2.45, 2.75) is 51.2 Å². The molecular formula is C15H22BrNO. The molecule has 0 aromatic heterocycles. The zero-order chi connectivity index (χ0) is 13.0. The Morgan fingerprint density at radius 1 is 1.28 bits per heavy atom. The van der Waals surface area contributed by atoms with Crippen molar-refractivity contribution in [3.8, 4) is 5.75 Å². The standard InChI is InChI=1S/C15H22BrNO/c1-11(17-2)14-9-8-13(10-15(14)16)18-12-6-4-3-5-7-12/h8-12,17H,3-7H2,1-2H3. The predicted octanol–water partition coefficient (Wildman–Crippen LogP) is 4.44. The molecule has 0 saturated heterocycles. The van der Waals surface area contributed by atoms with Crippen LogP contribution >= 0.6 is 15.9 Å². The van der Waals surface area contributed by atoms with E-state index >= 15 is 0 Å². The molecular weight excluding hydrogens is 290 g/mol. The van der Waals surface area contributed by atoms with Gasteiger partial charge in [0.1, 0.15) is 5.75 Å². The van der Waals surface area contributed by atoms with E-state index in [0.29, 0.717) is 12.1 Å². The third kappa shape index (κ3) is 3.48. The maximum atomic E-state index is 6.05. The van der Waals surface area contributed by atoms with Crippen LogP contribution in [0.3, 0.4) is 0 Å². The quantitative estimate of drug-likeness (QED) is 0.887. The molecule has 1 aromatic rings. The zero-order valence-electron chi connectivity index (χ0n) is 11.2. The molecule has 100 valence electrons. The molecule has 3 heteroatoms. The van der Waals surface area contributed by atoms with Gasteiger partial charge in [0.25, 0.3) is 0 Å². The fourth-order valence-electron chi connectivity index (χ4n) is 2.46. The van der Waals surface area contributed by atoms with E-state index in [1.807, 2.05) is 7.05 Å². The molecule has 2 rings (SSSR count). The summed E-state index contributed by atoms with van der Waals surface area (Å²) in [6.07, 6.45) is 6.79. The molecule has 1 atom stereocenters. The summed E-state index contributed by atoms with van der Waals surface area (Å²) in [5, 5.41) is 3.25. The van der Waals surface area contributed by atoms with Crippen molar-refractivity contribution in [2.75, 3.05) is 7.05 Å². The largest absolute Gasteiger partial charge is 0.490 e. The van der Waals surface area contributed by atoms with Gasteiger partial charge in [-0.25, -0.2) is 0 Å². The van der Waals surface area contributed by atoms with Crippen molar-refractivity contribution in [1.29, 1.82) is 0 Å². The molecule has 1 unspecified atom stereocenters. The topological polar surface area (TPSA) is 21.3 Å². The van der Waals surface area contributed by atoms with Gasteiger partial charge in [-0.3, -0.25) is 0 Å². The Hall–Kier alpha value is -0.540. The Balaban J connectivity index is 2.03. The maximum Gasteiger partial charge on any atom is 0.120 e. The number of nitrogens with one attached hydrogen (secondary N) is 1. The van der Waals surface area contributed by atoms with E-state index in [0.717, 1.165) is 10.2 Å². The second kappa shape index (κ2) is 6.58. The van der Waals surface area contributed by atoms with Crippen LogP contribution in [0.25, 0.3) is 0 Å². The van der Waals surface area contributed by atoms with Crippen molar-refractivity contribution in [3.63, 3.8) is 0 Å². The highest BCUT2D eigenvalue weighted by molar-refractivity contribution is 9.10. The van der Waals surface area contributed by atoms with E-state index < -0.39 is 0 Å². The van der Waals surface area contributed by atoms with Gasteiger partial charge in [-0.05, 0) is 57.4 Å². The average molecular weight is 312 g/mol. The van der Waals surface area contributed by atoms with E-state index in [1.54, 1.807) is 0 Å². The summed E-state index contributed by atoms with van der Waals surface area (Å²) in [6.45, 7) is 2.15. The number of ether oxygens (including phenoxy) is 1. The van der Waals surface area contributed by atoms with Gasteiger partial charge in [-0.15, -0.1) is 0 Å². The first-order chi connectivity index (χ1) is 8.70. The minimum atomic E-state index is 0.350. The lowest BCUT2D eigenvalue weighted by Gasteiger charge is -2.23. The van der Waals surface area contributed by atoms with Gasteiger partial charge in [0.2, 0.25) is 0 Å². The van der Waals surface area contributed by atoms with Crippen molar-refractivity contribution >= 4 is 15.9 Å². The number of hydrogen-bond donors (Lipinski definition) is 1. The summed E-state index contributed by atoms with van der Waals surface area (Å²) in [6, 6.07) is 6.67. The van der Waals surface area contributed by atoms with E-state index in [2.05, 4.69) is 46.4 Å². The van der Waals surface area contributed by atoms with Crippen LogP contribution in [0.4, 0.5) is 0 Å². The first-order valence-corrected chi connectivity index (χ1v) is 7.63. The number of halogens is 1. The number of rotatable bonds is 4. The van der Waals surface area contributed by atoms with Crippen molar-refractivity contribution < 1.29 is 4.74 Å². The lowest BCUT2D eigenvalue weighted by atomic mass is 9.98. The van der Waals surface area contributed by atoms with Crippen LogP contribution in [-0.2, 0) is 0 Å². The molecule has 1 aliphatic carbocycles. The Bertz CT molecular complexity index is 388. The second-order valence-electron chi connectivity index (χ2n) is 5.07. The van der Waals surface area contributed by atoms with Gasteiger partial charge in [-0.1, -0.05) is 28.4 Å². The highest BCUT2D eigenvalue weighted by atomic mass is 79.9. The minimum Gasteiger partial charge on any atom is -0.490 e. The van der Waals surface area contributed by atoms with Crippen LogP contribution in [0.1, 0.15) is 50.6 Å². The summed E-state index contributed by atoms with van der Waals surface area (Å²) in [7, 11) is 1.98. The zero-order valence-corrected chi connectivity index (χ0v) is 12.8. The van der Waals surface area contributed by atoms with Crippen molar-refractivity contribution in [1.82, 2.24) is 5.32 Å². The molecule has 1 fully saturated rings. The SMILES string of the molecule is CNC(C)c1ccc(OC2CCCCC2)cc1Br. The van der Waals surface area contributed by atoms with Crippen LogP contribution in [0.5, 0.6) is 5.75 Å². The Labute approximate surface area is 118 Å². The van der Waals surface area contributed by atoms with Crippen LogP contribution in [0.15, 0.2) is 22.7 Å². The maximum absolute atomic E-state index is 6.05. The monoisotopic (exact) mass is 311 g/mol. The fraction of sp³-hybridized carbons (Fsp3) is 0.600. The lowest BCUT2D eigenvalue weighted by Crippen LogP contribution is -2.19. The lowest BCUT2D eigenvalue weighted by molar-refractivity contribution is 0.155. The van der Waals surface area contributed by atoms with Crippen LogP contribution in [0, 0.1) is 0 Å². The van der Waals surface area contributed by atoms with E-state index in [9.17, 15) is 0 Å². The molecule has 0 aliphatic heterocycles. The third-order valence-electron chi connectivity index (χ3n) is 3.73. The molecule has 0 spiro atoms. The van der Waals surface area contributed by atoms with E-state index in [1.165, 1.54) is 37.7 Å². The molecule has 0 amide bonds. The number of hydrogen-bond acceptors (Lipinski definition) is 2. The van der Waals surface area contributed by atoms with Crippen LogP contribution < -0.4 is 10.1 Å². The van der Waals surface area contributed by atoms with Gasteiger partial charge in [0, 0.05) is 10.5 Å². The van der Waals surface area contributed by atoms with Gasteiger partial charge in [0.15, 0.2) is 0 Å². The first-order valence-electron chi connectivity index (χ1n) is 6.84. The molecule has 0 radical (unpaired) electrons. The van der Waals surface area contributed by atoms with Crippen molar-refractivity contribution in [2.24, 2.45) is 0 Å². The minimum absolute atomic E-state index is 0.350.